The molecular weight excluding hydrogens is 343 g/mol. The van der Waals surface area contributed by atoms with Crippen LogP contribution in [-0.2, 0) is 24.1 Å². The topological polar surface area (TPSA) is 79.4 Å². The van der Waals surface area contributed by atoms with Gasteiger partial charge in [-0.2, -0.15) is 13.2 Å². The van der Waals surface area contributed by atoms with Crippen LogP contribution in [0.5, 0.6) is 6.01 Å². The molecule has 0 unspecified atom stereocenters. The van der Waals surface area contributed by atoms with Crippen molar-refractivity contribution in [1.29, 1.82) is 0 Å². The fourth-order valence-electron chi connectivity index (χ4n) is 2.56. The van der Waals surface area contributed by atoms with Crippen molar-refractivity contribution >= 4 is 5.82 Å². The quantitative estimate of drug-likeness (QED) is 0.607. The van der Waals surface area contributed by atoms with E-state index in [-0.39, 0.29) is 30.6 Å². The Morgan fingerprint density at radius 3 is 2.88 bits per heavy atom. The molecule has 25 heavy (non-hydrogen) atoms. The van der Waals surface area contributed by atoms with Crippen molar-refractivity contribution < 1.29 is 27.6 Å². The van der Waals surface area contributed by atoms with Gasteiger partial charge in [-0.15, -0.1) is 0 Å². The van der Waals surface area contributed by atoms with E-state index >= 15 is 0 Å². The molecule has 1 aromatic carbocycles. The Labute approximate surface area is 140 Å². The number of hydrogen-bond donors (Lipinski definition) is 0. The van der Waals surface area contributed by atoms with Crippen molar-refractivity contribution in [2.24, 2.45) is 0 Å². The minimum absolute atomic E-state index is 0.0444. The van der Waals surface area contributed by atoms with Crippen molar-refractivity contribution in [3.8, 4) is 6.01 Å². The number of fused-ring (bicyclic) bond motifs is 1. The second-order valence-electron chi connectivity index (χ2n) is 5.53. The van der Waals surface area contributed by atoms with Crippen LogP contribution in [0.3, 0.4) is 0 Å². The first-order valence-electron chi connectivity index (χ1n) is 7.45. The maximum absolute atomic E-state index is 12.9. The molecule has 7 nitrogen and oxygen atoms in total. The first-order chi connectivity index (χ1) is 11.8. The number of hydrogen-bond acceptors (Lipinski definition) is 5. The lowest BCUT2D eigenvalue weighted by Crippen LogP contribution is -2.30. The summed E-state index contributed by atoms with van der Waals surface area (Å²) >= 11 is 0. The molecule has 2 heterocycles. The highest BCUT2D eigenvalue weighted by molar-refractivity contribution is 5.29. The van der Waals surface area contributed by atoms with E-state index in [0.29, 0.717) is 13.0 Å². The van der Waals surface area contributed by atoms with Crippen LogP contribution >= 0.6 is 0 Å². The highest BCUT2D eigenvalue weighted by atomic mass is 19.4. The Kier molecular flexibility index (Phi) is 4.62. The number of nitrogens with zero attached hydrogens (tertiary/aromatic N) is 3. The molecule has 0 aliphatic carbocycles. The molecule has 0 saturated heterocycles. The molecule has 1 aliphatic heterocycles. The van der Waals surface area contributed by atoms with E-state index < -0.39 is 22.8 Å². The summed E-state index contributed by atoms with van der Waals surface area (Å²) in [6.45, 7) is 0.320. The number of aryl methyl sites for hydroxylation is 1. The summed E-state index contributed by atoms with van der Waals surface area (Å²) in [7, 11) is 0. The average molecular weight is 357 g/mol. The van der Waals surface area contributed by atoms with E-state index in [0.717, 1.165) is 6.07 Å². The number of ether oxygens (including phenoxy) is 2. The fraction of sp³-hybridized carbons (Fsp3) is 0.400. The van der Waals surface area contributed by atoms with Gasteiger partial charge in [-0.05, 0) is 16.6 Å². The SMILES string of the molecule is O=[N+]([O-])c1cn2c(n1)O[C@@H](COCc1ccccc1C(F)(F)F)CC2. The smallest absolute Gasteiger partial charge is 0.416 e. The van der Waals surface area contributed by atoms with Gasteiger partial charge in [0.2, 0.25) is 0 Å². The lowest BCUT2D eigenvalue weighted by atomic mass is 10.1. The molecule has 3 rings (SSSR count). The first-order valence-corrected chi connectivity index (χ1v) is 7.45. The lowest BCUT2D eigenvalue weighted by Gasteiger charge is -2.22. The Bertz CT molecular complexity index is 776. The first kappa shape index (κ1) is 17.2. The van der Waals surface area contributed by atoms with Gasteiger partial charge in [-0.25, -0.2) is 0 Å². The highest BCUT2D eigenvalue weighted by Gasteiger charge is 2.33. The van der Waals surface area contributed by atoms with Gasteiger partial charge in [0, 0.05) is 17.9 Å². The Morgan fingerprint density at radius 1 is 1.40 bits per heavy atom. The summed E-state index contributed by atoms with van der Waals surface area (Å²) in [5.74, 6) is -0.310. The number of halogens is 3. The van der Waals surface area contributed by atoms with Crippen molar-refractivity contribution in [2.45, 2.75) is 31.9 Å². The highest BCUT2D eigenvalue weighted by Crippen LogP contribution is 2.32. The number of imidazole rings is 1. The number of aromatic nitrogens is 2. The second kappa shape index (κ2) is 6.71. The van der Waals surface area contributed by atoms with Crippen molar-refractivity contribution in [1.82, 2.24) is 9.55 Å². The molecule has 0 N–H and O–H groups in total. The molecule has 0 radical (unpaired) electrons. The molecule has 10 heteroatoms. The molecule has 0 saturated carbocycles. The number of alkyl halides is 3. The van der Waals surface area contributed by atoms with E-state index in [2.05, 4.69) is 4.98 Å². The molecule has 1 aliphatic rings. The fourth-order valence-corrected chi connectivity index (χ4v) is 2.56. The van der Waals surface area contributed by atoms with E-state index in [1.165, 1.54) is 29.0 Å². The van der Waals surface area contributed by atoms with Crippen LogP contribution in [0, 0.1) is 10.1 Å². The summed E-state index contributed by atoms with van der Waals surface area (Å²) < 4.78 is 51.1. The second-order valence-corrected chi connectivity index (χ2v) is 5.53. The third kappa shape index (κ3) is 3.90. The van der Waals surface area contributed by atoms with Crippen LogP contribution in [0.1, 0.15) is 17.5 Å². The van der Waals surface area contributed by atoms with Gasteiger partial charge in [-0.3, -0.25) is 4.57 Å². The molecule has 1 aromatic heterocycles. The minimum Gasteiger partial charge on any atom is -0.440 e. The van der Waals surface area contributed by atoms with E-state index in [9.17, 15) is 23.3 Å². The van der Waals surface area contributed by atoms with Gasteiger partial charge < -0.3 is 19.6 Å². The molecule has 0 fully saturated rings. The van der Waals surface area contributed by atoms with Crippen LogP contribution in [-0.4, -0.2) is 27.2 Å². The van der Waals surface area contributed by atoms with Crippen molar-refractivity contribution in [3.63, 3.8) is 0 Å². The third-order valence-electron chi connectivity index (χ3n) is 3.76. The van der Waals surface area contributed by atoms with Crippen LogP contribution in [0.15, 0.2) is 30.5 Å². The average Bonchev–Trinajstić information content (AvgIpc) is 2.98. The summed E-state index contributed by atoms with van der Waals surface area (Å²) in [5.41, 5.74) is -0.686. The molecule has 134 valence electrons. The van der Waals surface area contributed by atoms with Crippen LogP contribution < -0.4 is 4.74 Å². The largest absolute Gasteiger partial charge is 0.440 e. The Hall–Kier alpha value is -2.62. The van der Waals surface area contributed by atoms with Crippen LogP contribution in [0.25, 0.3) is 0 Å². The van der Waals surface area contributed by atoms with Crippen LogP contribution in [0.2, 0.25) is 0 Å². The van der Waals surface area contributed by atoms with E-state index in [1.54, 1.807) is 0 Å². The summed E-state index contributed by atoms with van der Waals surface area (Å²) in [6, 6.07) is 5.32. The molecule has 1 atom stereocenters. The maximum atomic E-state index is 12.9. The number of rotatable bonds is 5. The number of benzene rings is 1. The molecule has 0 amide bonds. The predicted molar refractivity (Wildman–Crippen MR) is 79.0 cm³/mol. The van der Waals surface area contributed by atoms with Gasteiger partial charge >= 0.3 is 18.0 Å². The molecular formula is C15H14F3N3O4. The van der Waals surface area contributed by atoms with Crippen LogP contribution in [0.4, 0.5) is 19.0 Å². The third-order valence-corrected chi connectivity index (χ3v) is 3.76. The van der Waals surface area contributed by atoms with Gasteiger partial charge in [0.05, 0.1) is 18.8 Å². The molecule has 0 spiro atoms. The Morgan fingerprint density at radius 2 is 2.16 bits per heavy atom. The molecule has 2 aromatic rings. The van der Waals surface area contributed by atoms with Crippen molar-refractivity contribution in [2.75, 3.05) is 6.61 Å². The monoisotopic (exact) mass is 357 g/mol. The molecule has 0 bridgehead atoms. The summed E-state index contributed by atoms with van der Waals surface area (Å²) in [4.78, 5) is 13.8. The van der Waals surface area contributed by atoms with E-state index in [4.69, 9.17) is 9.47 Å². The van der Waals surface area contributed by atoms with Gasteiger partial charge in [0.1, 0.15) is 12.3 Å². The normalized spacial score (nSPS) is 17.0. The Balaban J connectivity index is 1.58. The minimum atomic E-state index is -4.44. The van der Waals surface area contributed by atoms with Gasteiger partial charge in [0.25, 0.3) is 0 Å². The van der Waals surface area contributed by atoms with E-state index in [1.807, 2.05) is 0 Å². The number of nitro groups is 1. The maximum Gasteiger partial charge on any atom is 0.416 e. The van der Waals surface area contributed by atoms with Crippen molar-refractivity contribution in [3.05, 3.63) is 51.7 Å². The lowest BCUT2D eigenvalue weighted by molar-refractivity contribution is -0.389. The summed E-state index contributed by atoms with van der Waals surface area (Å²) in [6.07, 6.45) is -3.06. The van der Waals surface area contributed by atoms with Gasteiger partial charge in [-0.1, -0.05) is 18.2 Å². The predicted octanol–water partition coefficient (Wildman–Crippen LogP) is 3.18. The zero-order chi connectivity index (χ0) is 18.0. The summed E-state index contributed by atoms with van der Waals surface area (Å²) in [5, 5.41) is 10.7. The standard InChI is InChI=1S/C15H14F3N3O4/c16-15(17,18)12-4-2-1-3-10(12)8-24-9-11-5-6-20-7-13(21(22)23)19-14(20)25-11/h1-4,7,11H,5-6,8-9H2/t11-/m1/s1. The zero-order valence-corrected chi connectivity index (χ0v) is 12.9. The zero-order valence-electron chi connectivity index (χ0n) is 12.9. The van der Waals surface area contributed by atoms with Gasteiger partial charge in [0.15, 0.2) is 0 Å².